The molecular weight excluding hydrogens is 413 g/mol. The number of carbonyl (C=O) groups excluding carboxylic acids is 1. The molecule has 0 saturated heterocycles. The van der Waals surface area contributed by atoms with Gasteiger partial charge in [-0.2, -0.15) is 0 Å². The molecule has 0 radical (unpaired) electrons. The van der Waals surface area contributed by atoms with Gasteiger partial charge < -0.3 is 15.4 Å². The molecule has 3 aromatic heterocycles. The van der Waals surface area contributed by atoms with E-state index < -0.39 is 12.4 Å². The standard InChI is InChI=1S/C20H15F3N6O2/c21-20(22,23)31-16-3-1-2-14(10-16)18-27-17-5-4-15(12-29(17)28-18)26-19(30)25-11-13-6-8-24-9-7-13/h1-10,12H,11H2,(H2,25,26,30). The molecule has 0 aliphatic heterocycles. The van der Waals surface area contributed by atoms with Crippen LogP contribution in [0, 0.1) is 0 Å². The lowest BCUT2D eigenvalue weighted by atomic mass is 10.2. The number of benzene rings is 1. The van der Waals surface area contributed by atoms with Gasteiger partial charge in [0.2, 0.25) is 0 Å². The molecule has 0 aliphatic rings. The van der Waals surface area contributed by atoms with E-state index in [1.807, 2.05) is 0 Å². The number of hydrogen-bond donors (Lipinski definition) is 2. The van der Waals surface area contributed by atoms with E-state index in [9.17, 15) is 18.0 Å². The number of fused-ring (bicyclic) bond motifs is 1. The van der Waals surface area contributed by atoms with Crippen molar-refractivity contribution < 1.29 is 22.7 Å². The quantitative estimate of drug-likeness (QED) is 0.501. The first kappa shape index (κ1) is 20.1. The molecule has 4 rings (SSSR count). The molecule has 4 aromatic rings. The van der Waals surface area contributed by atoms with E-state index in [0.717, 1.165) is 5.56 Å². The smallest absolute Gasteiger partial charge is 0.406 e. The fourth-order valence-electron chi connectivity index (χ4n) is 2.77. The second-order valence-electron chi connectivity index (χ2n) is 6.39. The van der Waals surface area contributed by atoms with Crippen LogP contribution in [0.5, 0.6) is 5.75 Å². The van der Waals surface area contributed by atoms with Crippen molar-refractivity contribution in [3.63, 3.8) is 0 Å². The molecule has 3 heterocycles. The molecule has 158 valence electrons. The van der Waals surface area contributed by atoms with Crippen LogP contribution in [0.1, 0.15) is 5.56 Å². The molecule has 1 aromatic carbocycles. The van der Waals surface area contributed by atoms with Gasteiger partial charge in [0.05, 0.1) is 11.9 Å². The Morgan fingerprint density at radius 3 is 2.68 bits per heavy atom. The molecule has 0 saturated carbocycles. The van der Waals surface area contributed by atoms with Crippen LogP contribution in [0.15, 0.2) is 67.1 Å². The summed E-state index contributed by atoms with van der Waals surface area (Å²) in [6.45, 7) is 0.334. The average molecular weight is 428 g/mol. The van der Waals surface area contributed by atoms with Crippen LogP contribution in [0.2, 0.25) is 0 Å². The molecule has 0 fully saturated rings. The Morgan fingerprint density at radius 1 is 1.10 bits per heavy atom. The van der Waals surface area contributed by atoms with Gasteiger partial charge in [-0.3, -0.25) is 4.98 Å². The lowest BCUT2D eigenvalue weighted by molar-refractivity contribution is -0.274. The van der Waals surface area contributed by atoms with Crippen molar-refractivity contribution in [2.24, 2.45) is 0 Å². The zero-order valence-corrected chi connectivity index (χ0v) is 15.8. The summed E-state index contributed by atoms with van der Waals surface area (Å²) in [4.78, 5) is 20.3. The number of hydrogen-bond acceptors (Lipinski definition) is 5. The van der Waals surface area contributed by atoms with Crippen molar-refractivity contribution in [2.75, 3.05) is 5.32 Å². The van der Waals surface area contributed by atoms with E-state index >= 15 is 0 Å². The second-order valence-corrected chi connectivity index (χ2v) is 6.39. The number of ether oxygens (including phenoxy) is 1. The highest BCUT2D eigenvalue weighted by atomic mass is 19.4. The van der Waals surface area contributed by atoms with E-state index in [-0.39, 0.29) is 11.6 Å². The topological polar surface area (TPSA) is 93.4 Å². The van der Waals surface area contributed by atoms with Crippen molar-refractivity contribution in [2.45, 2.75) is 12.9 Å². The highest BCUT2D eigenvalue weighted by Crippen LogP contribution is 2.27. The predicted molar refractivity (Wildman–Crippen MR) is 105 cm³/mol. The fourth-order valence-corrected chi connectivity index (χ4v) is 2.77. The molecule has 0 bridgehead atoms. The largest absolute Gasteiger partial charge is 0.573 e. The van der Waals surface area contributed by atoms with Crippen LogP contribution in [-0.4, -0.2) is 32.0 Å². The Kier molecular flexibility index (Phi) is 5.39. The number of halogens is 3. The van der Waals surface area contributed by atoms with Crippen LogP contribution in [0.25, 0.3) is 17.0 Å². The second kappa shape index (κ2) is 8.30. The van der Waals surface area contributed by atoms with Crippen molar-refractivity contribution >= 4 is 17.4 Å². The summed E-state index contributed by atoms with van der Waals surface area (Å²) < 4.78 is 42.7. The Morgan fingerprint density at radius 2 is 1.90 bits per heavy atom. The summed E-state index contributed by atoms with van der Waals surface area (Å²) >= 11 is 0. The molecule has 2 N–H and O–H groups in total. The van der Waals surface area contributed by atoms with Gasteiger partial charge in [0.25, 0.3) is 0 Å². The van der Waals surface area contributed by atoms with Crippen molar-refractivity contribution in [1.29, 1.82) is 0 Å². The number of anilines is 1. The molecule has 8 nitrogen and oxygen atoms in total. The van der Waals surface area contributed by atoms with Crippen LogP contribution in [-0.2, 0) is 6.54 Å². The van der Waals surface area contributed by atoms with Gasteiger partial charge in [-0.1, -0.05) is 12.1 Å². The zero-order chi connectivity index (χ0) is 21.8. The third kappa shape index (κ3) is 5.26. The Hall–Kier alpha value is -4.15. The Balaban J connectivity index is 1.47. The highest BCUT2D eigenvalue weighted by Gasteiger charge is 2.31. The summed E-state index contributed by atoms with van der Waals surface area (Å²) in [6.07, 6.45) is 0.0313. The minimum Gasteiger partial charge on any atom is -0.406 e. The number of nitrogens with zero attached hydrogens (tertiary/aromatic N) is 4. The van der Waals surface area contributed by atoms with Gasteiger partial charge >= 0.3 is 12.4 Å². The predicted octanol–water partition coefficient (Wildman–Crippen LogP) is 4.01. The first-order valence-corrected chi connectivity index (χ1v) is 9.02. The monoisotopic (exact) mass is 428 g/mol. The van der Waals surface area contributed by atoms with E-state index in [2.05, 4.69) is 30.4 Å². The van der Waals surface area contributed by atoms with Crippen LogP contribution in [0.4, 0.5) is 23.7 Å². The van der Waals surface area contributed by atoms with E-state index in [1.165, 1.54) is 22.7 Å². The van der Waals surface area contributed by atoms with Gasteiger partial charge in [-0.15, -0.1) is 18.3 Å². The maximum absolute atomic E-state index is 12.4. The number of alkyl halides is 3. The van der Waals surface area contributed by atoms with Crippen LogP contribution in [0.3, 0.4) is 0 Å². The summed E-state index contributed by atoms with van der Waals surface area (Å²) in [7, 11) is 0. The number of urea groups is 1. The van der Waals surface area contributed by atoms with E-state index in [0.29, 0.717) is 23.4 Å². The minimum atomic E-state index is -4.79. The normalized spacial score (nSPS) is 11.3. The SMILES string of the molecule is O=C(NCc1ccncc1)Nc1ccc2nc(-c3cccc(OC(F)(F)F)c3)nn2c1. The zero-order valence-electron chi connectivity index (χ0n) is 15.8. The molecular formula is C20H15F3N6O2. The number of carbonyl (C=O) groups is 1. The van der Waals surface area contributed by atoms with Crippen molar-refractivity contribution in [3.8, 4) is 17.1 Å². The summed E-state index contributed by atoms with van der Waals surface area (Å²) in [5, 5.41) is 9.68. The Labute approximate surface area is 173 Å². The molecule has 0 aliphatic carbocycles. The average Bonchev–Trinajstić information content (AvgIpc) is 3.15. The van der Waals surface area contributed by atoms with Crippen molar-refractivity contribution in [3.05, 3.63) is 72.7 Å². The third-order valence-electron chi connectivity index (χ3n) is 4.12. The first-order valence-electron chi connectivity index (χ1n) is 9.02. The first-order chi connectivity index (χ1) is 14.9. The summed E-state index contributed by atoms with van der Waals surface area (Å²) in [5.41, 5.74) is 2.18. The number of aromatic nitrogens is 4. The number of rotatable bonds is 5. The van der Waals surface area contributed by atoms with Gasteiger partial charge in [0, 0.05) is 24.5 Å². The molecule has 0 atom stereocenters. The van der Waals surface area contributed by atoms with Gasteiger partial charge in [0.1, 0.15) is 5.75 Å². The molecule has 0 unspecified atom stereocenters. The van der Waals surface area contributed by atoms with Gasteiger partial charge in [-0.25, -0.2) is 14.3 Å². The van der Waals surface area contributed by atoms with Crippen LogP contribution < -0.4 is 15.4 Å². The van der Waals surface area contributed by atoms with E-state index in [4.69, 9.17) is 0 Å². The molecule has 2 amide bonds. The maximum atomic E-state index is 12.4. The lowest BCUT2D eigenvalue weighted by Crippen LogP contribution is -2.28. The minimum absolute atomic E-state index is 0.215. The maximum Gasteiger partial charge on any atom is 0.573 e. The molecule has 0 spiro atoms. The lowest BCUT2D eigenvalue weighted by Gasteiger charge is -2.08. The molecule has 31 heavy (non-hydrogen) atoms. The molecule has 11 heteroatoms. The Bertz CT molecular complexity index is 1210. The number of nitrogens with one attached hydrogen (secondary N) is 2. The van der Waals surface area contributed by atoms with Gasteiger partial charge in [-0.05, 0) is 42.0 Å². The third-order valence-corrected chi connectivity index (χ3v) is 4.12. The summed E-state index contributed by atoms with van der Waals surface area (Å²) in [6, 6.07) is 11.8. The summed E-state index contributed by atoms with van der Waals surface area (Å²) in [5.74, 6) is -0.149. The highest BCUT2D eigenvalue weighted by molar-refractivity contribution is 5.89. The fraction of sp³-hybridized carbons (Fsp3) is 0.100. The number of pyridine rings is 2. The van der Waals surface area contributed by atoms with Crippen molar-refractivity contribution in [1.82, 2.24) is 24.9 Å². The van der Waals surface area contributed by atoms with E-state index in [1.54, 1.807) is 48.9 Å². The van der Waals surface area contributed by atoms with Gasteiger partial charge in [0.15, 0.2) is 11.5 Å². The van der Waals surface area contributed by atoms with Crippen LogP contribution >= 0.6 is 0 Å². The number of amides is 2.